The first-order chi connectivity index (χ1) is 8.66. The monoisotopic (exact) mass is 285 g/mol. The van der Waals surface area contributed by atoms with Crippen molar-refractivity contribution in [2.75, 3.05) is 6.54 Å². The van der Waals surface area contributed by atoms with E-state index in [-0.39, 0.29) is 0 Å². The predicted octanol–water partition coefficient (Wildman–Crippen LogP) is 3.02. The summed E-state index contributed by atoms with van der Waals surface area (Å²) in [5.41, 5.74) is 2.72. The van der Waals surface area contributed by atoms with Gasteiger partial charge in [-0.2, -0.15) is 0 Å². The Morgan fingerprint density at radius 2 is 2.11 bits per heavy atom. The van der Waals surface area contributed by atoms with Gasteiger partial charge in [0.2, 0.25) is 0 Å². The van der Waals surface area contributed by atoms with Crippen LogP contribution >= 0.6 is 23.2 Å². The van der Waals surface area contributed by atoms with Crippen LogP contribution < -0.4 is 5.32 Å². The first-order valence-corrected chi connectivity index (χ1v) is 6.35. The largest absolute Gasteiger partial charge is 0.311 e. The molecule has 0 radical (unpaired) electrons. The van der Waals surface area contributed by atoms with Crippen LogP contribution in [-0.4, -0.2) is 16.9 Å². The lowest BCUT2D eigenvalue weighted by Gasteiger charge is -2.05. The zero-order valence-corrected chi connectivity index (χ0v) is 11.4. The van der Waals surface area contributed by atoms with E-state index in [9.17, 15) is 0 Å². The van der Waals surface area contributed by atoms with Crippen LogP contribution in [0.5, 0.6) is 0 Å². The first kappa shape index (κ1) is 13.3. The second-order valence-electron chi connectivity index (χ2n) is 3.96. The van der Waals surface area contributed by atoms with Crippen molar-refractivity contribution in [1.82, 2.24) is 15.6 Å². The Kier molecular flexibility index (Phi) is 4.58. The smallest absolute Gasteiger partial charge is 0.121 e. The molecule has 0 saturated heterocycles. The van der Waals surface area contributed by atoms with Gasteiger partial charge in [-0.1, -0.05) is 39.6 Å². The summed E-state index contributed by atoms with van der Waals surface area (Å²) >= 11 is 11.9. The Bertz CT molecular complexity index is 528. The minimum atomic E-state index is 0.639. The highest BCUT2D eigenvalue weighted by Gasteiger charge is 2.05. The molecule has 1 heterocycles. The predicted molar refractivity (Wildman–Crippen MR) is 70.9 cm³/mol. The third-order valence-corrected chi connectivity index (χ3v) is 3.21. The summed E-state index contributed by atoms with van der Waals surface area (Å²) in [7, 11) is 0. The van der Waals surface area contributed by atoms with Crippen molar-refractivity contribution in [2.45, 2.75) is 19.9 Å². The van der Waals surface area contributed by atoms with E-state index in [0.717, 1.165) is 29.9 Å². The zero-order valence-electron chi connectivity index (χ0n) is 9.91. The molecule has 2 rings (SSSR count). The fourth-order valence-corrected chi connectivity index (χ4v) is 2.07. The quantitative estimate of drug-likeness (QED) is 0.858. The number of benzene rings is 1. The number of halogens is 2. The van der Waals surface area contributed by atoms with E-state index in [1.807, 2.05) is 19.1 Å². The van der Waals surface area contributed by atoms with Gasteiger partial charge in [-0.05, 0) is 37.6 Å². The van der Waals surface area contributed by atoms with E-state index in [2.05, 4.69) is 20.3 Å². The molecule has 18 heavy (non-hydrogen) atoms. The van der Waals surface area contributed by atoms with Crippen molar-refractivity contribution in [1.29, 1.82) is 0 Å². The second-order valence-corrected chi connectivity index (χ2v) is 4.80. The number of aromatic nitrogens is 2. The minimum absolute atomic E-state index is 0.639. The summed E-state index contributed by atoms with van der Waals surface area (Å²) in [6.07, 6.45) is 0.834. The van der Waals surface area contributed by atoms with Crippen LogP contribution in [0.3, 0.4) is 0 Å². The third-order valence-electron chi connectivity index (χ3n) is 2.63. The number of aryl methyl sites for hydroxylation is 1. The van der Waals surface area contributed by atoms with Crippen molar-refractivity contribution < 1.29 is 4.63 Å². The van der Waals surface area contributed by atoms with Crippen molar-refractivity contribution in [3.8, 4) is 0 Å². The fraction of sp³-hybridized carbons (Fsp3) is 0.333. The lowest BCUT2D eigenvalue weighted by molar-refractivity contribution is 0.300. The van der Waals surface area contributed by atoms with Crippen molar-refractivity contribution in [3.05, 3.63) is 45.2 Å². The number of hydrogen-bond donors (Lipinski definition) is 1. The van der Waals surface area contributed by atoms with Crippen LogP contribution in [0, 0.1) is 6.92 Å². The Morgan fingerprint density at radius 3 is 2.78 bits per heavy atom. The van der Waals surface area contributed by atoms with Crippen molar-refractivity contribution in [3.63, 3.8) is 0 Å². The van der Waals surface area contributed by atoms with Crippen molar-refractivity contribution >= 4 is 23.2 Å². The van der Waals surface area contributed by atoms with Gasteiger partial charge in [0, 0.05) is 16.6 Å². The normalized spacial score (nSPS) is 10.8. The summed E-state index contributed by atoms with van der Waals surface area (Å²) in [6.45, 7) is 3.30. The van der Waals surface area contributed by atoms with Gasteiger partial charge < -0.3 is 5.32 Å². The first-order valence-electron chi connectivity index (χ1n) is 5.59. The maximum Gasteiger partial charge on any atom is 0.121 e. The molecule has 0 amide bonds. The van der Waals surface area contributed by atoms with E-state index in [4.69, 9.17) is 23.2 Å². The molecule has 0 unspecified atom stereocenters. The molecule has 96 valence electrons. The molecule has 0 aliphatic heterocycles. The fourth-order valence-electron chi connectivity index (χ4n) is 1.56. The number of hydrogen-bond acceptors (Lipinski definition) is 4. The molecule has 0 fully saturated rings. The SMILES string of the molecule is Cc1nonc1CNCCc1ccc(Cl)cc1Cl. The summed E-state index contributed by atoms with van der Waals surface area (Å²) in [5, 5.41) is 12.1. The summed E-state index contributed by atoms with van der Waals surface area (Å²) in [4.78, 5) is 0. The summed E-state index contributed by atoms with van der Waals surface area (Å²) < 4.78 is 4.62. The van der Waals surface area contributed by atoms with E-state index in [1.54, 1.807) is 6.07 Å². The molecular formula is C12H13Cl2N3O. The average molecular weight is 286 g/mol. The van der Waals surface area contributed by atoms with E-state index >= 15 is 0 Å². The van der Waals surface area contributed by atoms with Crippen molar-refractivity contribution in [2.24, 2.45) is 0 Å². The molecule has 4 nitrogen and oxygen atoms in total. The van der Waals surface area contributed by atoms with Gasteiger partial charge in [0.25, 0.3) is 0 Å². The van der Waals surface area contributed by atoms with Crippen LogP contribution in [0.4, 0.5) is 0 Å². The molecule has 0 spiro atoms. The lowest BCUT2D eigenvalue weighted by Crippen LogP contribution is -2.17. The van der Waals surface area contributed by atoms with Gasteiger partial charge in [-0.25, -0.2) is 4.63 Å². The highest BCUT2D eigenvalue weighted by molar-refractivity contribution is 6.35. The van der Waals surface area contributed by atoms with Crippen LogP contribution in [0.15, 0.2) is 22.8 Å². The van der Waals surface area contributed by atoms with Crippen LogP contribution in [0.2, 0.25) is 10.0 Å². The summed E-state index contributed by atoms with van der Waals surface area (Å²) in [6, 6.07) is 5.54. The topological polar surface area (TPSA) is 51.0 Å². The van der Waals surface area contributed by atoms with E-state index < -0.39 is 0 Å². The van der Waals surface area contributed by atoms with Gasteiger partial charge >= 0.3 is 0 Å². The molecule has 1 N–H and O–H groups in total. The maximum absolute atomic E-state index is 6.08. The molecule has 1 aromatic carbocycles. The zero-order chi connectivity index (χ0) is 13.0. The molecule has 1 aromatic heterocycles. The second kappa shape index (κ2) is 6.18. The van der Waals surface area contributed by atoms with Gasteiger partial charge in [-0.15, -0.1) is 0 Å². The highest BCUT2D eigenvalue weighted by atomic mass is 35.5. The maximum atomic E-state index is 6.08. The minimum Gasteiger partial charge on any atom is -0.311 e. The van der Waals surface area contributed by atoms with Gasteiger partial charge in [0.05, 0.1) is 0 Å². The molecule has 0 atom stereocenters. The highest BCUT2D eigenvalue weighted by Crippen LogP contribution is 2.21. The number of rotatable bonds is 5. The summed E-state index contributed by atoms with van der Waals surface area (Å²) in [5.74, 6) is 0. The molecule has 6 heteroatoms. The van der Waals surface area contributed by atoms with Crippen LogP contribution in [0.25, 0.3) is 0 Å². The Hall–Kier alpha value is -1.10. The Morgan fingerprint density at radius 1 is 1.28 bits per heavy atom. The van der Waals surface area contributed by atoms with Gasteiger partial charge in [0.1, 0.15) is 11.4 Å². The standard InChI is InChI=1S/C12H13Cl2N3O/c1-8-12(17-18-16-8)7-15-5-4-9-2-3-10(13)6-11(9)14/h2-3,6,15H,4-5,7H2,1H3. The van der Waals surface area contributed by atoms with Crippen LogP contribution in [-0.2, 0) is 13.0 Å². The van der Waals surface area contributed by atoms with Crippen LogP contribution in [0.1, 0.15) is 17.0 Å². The molecular weight excluding hydrogens is 273 g/mol. The Balaban J connectivity index is 1.80. The average Bonchev–Trinajstić information content (AvgIpc) is 2.73. The molecule has 0 saturated carbocycles. The lowest BCUT2D eigenvalue weighted by atomic mass is 10.1. The number of nitrogens with one attached hydrogen (secondary N) is 1. The Labute approximate surface area is 115 Å². The molecule has 2 aromatic rings. The van der Waals surface area contributed by atoms with Gasteiger partial charge in [-0.3, -0.25) is 0 Å². The number of nitrogens with zero attached hydrogens (tertiary/aromatic N) is 2. The third kappa shape index (κ3) is 3.45. The van der Waals surface area contributed by atoms with E-state index in [1.165, 1.54) is 0 Å². The van der Waals surface area contributed by atoms with E-state index in [0.29, 0.717) is 16.6 Å². The molecule has 0 bridgehead atoms. The van der Waals surface area contributed by atoms with Gasteiger partial charge in [0.15, 0.2) is 0 Å². The molecule has 0 aliphatic rings. The molecule has 0 aliphatic carbocycles.